The molecule has 1 heterocycles. The molecule has 2 rings (SSSR count). The lowest BCUT2D eigenvalue weighted by atomic mass is 10.3. The molecule has 1 aliphatic heterocycles. The number of rotatable bonds is 6. The normalized spacial score (nSPS) is 15.7. The van der Waals surface area contributed by atoms with Crippen LogP contribution in [0.3, 0.4) is 0 Å². The summed E-state index contributed by atoms with van der Waals surface area (Å²) in [6, 6.07) is 4.43. The molecule has 1 aromatic carbocycles. The summed E-state index contributed by atoms with van der Waals surface area (Å²) < 4.78 is 37.1. The SMILES string of the molecule is COc1ccc(S(=O)(=O)N2CCN(C(=O)CC(=O)O)CC2)c(OC)c1. The van der Waals surface area contributed by atoms with Crippen LogP contribution in [0.15, 0.2) is 23.1 Å². The first-order valence-electron chi connectivity index (χ1n) is 7.51. The lowest BCUT2D eigenvalue weighted by molar-refractivity contribution is -0.144. The van der Waals surface area contributed by atoms with E-state index in [1.165, 1.54) is 41.6 Å². The fourth-order valence-corrected chi connectivity index (χ4v) is 4.10. The van der Waals surface area contributed by atoms with Crippen molar-refractivity contribution in [3.8, 4) is 11.5 Å². The summed E-state index contributed by atoms with van der Waals surface area (Å²) in [5.41, 5.74) is 0. The van der Waals surface area contributed by atoms with Crippen molar-refractivity contribution in [2.24, 2.45) is 0 Å². The Hall–Kier alpha value is -2.33. The van der Waals surface area contributed by atoms with E-state index in [9.17, 15) is 18.0 Å². The van der Waals surface area contributed by atoms with Crippen molar-refractivity contribution < 1.29 is 32.6 Å². The topological polar surface area (TPSA) is 113 Å². The van der Waals surface area contributed by atoms with Crippen molar-refractivity contribution in [1.82, 2.24) is 9.21 Å². The molecule has 10 heteroatoms. The molecule has 1 aromatic rings. The Kier molecular flexibility index (Phi) is 5.85. The molecule has 0 spiro atoms. The van der Waals surface area contributed by atoms with Gasteiger partial charge in [0.1, 0.15) is 22.8 Å². The third-order valence-electron chi connectivity index (χ3n) is 3.88. The molecule has 0 atom stereocenters. The summed E-state index contributed by atoms with van der Waals surface area (Å²) in [6.45, 7) is 0.458. The Balaban J connectivity index is 2.14. The molecule has 0 aromatic heterocycles. The quantitative estimate of drug-likeness (QED) is 0.700. The zero-order valence-corrected chi connectivity index (χ0v) is 14.8. The monoisotopic (exact) mass is 372 g/mol. The third kappa shape index (κ3) is 4.20. The molecular weight excluding hydrogens is 352 g/mol. The largest absolute Gasteiger partial charge is 0.497 e. The minimum Gasteiger partial charge on any atom is -0.497 e. The maximum Gasteiger partial charge on any atom is 0.312 e. The van der Waals surface area contributed by atoms with Crippen molar-refractivity contribution >= 4 is 21.9 Å². The standard InChI is InChI=1S/C15H20N2O7S/c1-23-11-3-4-13(12(9-11)24-2)25(21,22)17-7-5-16(6-8-17)14(18)10-15(19)20/h3-4,9H,5-8,10H2,1-2H3,(H,19,20). The molecule has 1 fully saturated rings. The number of methoxy groups -OCH3 is 2. The van der Waals surface area contributed by atoms with Crippen LogP contribution in [0, 0.1) is 0 Å². The molecule has 1 saturated heterocycles. The highest BCUT2D eigenvalue weighted by molar-refractivity contribution is 7.89. The van der Waals surface area contributed by atoms with E-state index in [-0.39, 0.29) is 36.8 Å². The molecular formula is C15H20N2O7S. The number of benzene rings is 1. The summed E-state index contributed by atoms with van der Waals surface area (Å²) in [4.78, 5) is 23.7. The number of hydrogen-bond acceptors (Lipinski definition) is 6. The van der Waals surface area contributed by atoms with E-state index < -0.39 is 28.3 Å². The van der Waals surface area contributed by atoms with E-state index in [1.54, 1.807) is 0 Å². The van der Waals surface area contributed by atoms with Crippen LogP contribution in [-0.2, 0) is 19.6 Å². The first-order valence-corrected chi connectivity index (χ1v) is 8.95. The average molecular weight is 372 g/mol. The molecule has 0 radical (unpaired) electrons. The second-order valence-electron chi connectivity index (χ2n) is 5.37. The van der Waals surface area contributed by atoms with Crippen LogP contribution in [-0.4, -0.2) is 75.0 Å². The third-order valence-corrected chi connectivity index (χ3v) is 5.82. The lowest BCUT2D eigenvalue weighted by Crippen LogP contribution is -2.50. The molecule has 25 heavy (non-hydrogen) atoms. The number of carboxylic acids is 1. The van der Waals surface area contributed by atoms with Crippen LogP contribution >= 0.6 is 0 Å². The molecule has 0 aliphatic carbocycles. The molecule has 1 amide bonds. The van der Waals surface area contributed by atoms with Crippen molar-refractivity contribution in [1.29, 1.82) is 0 Å². The predicted molar refractivity (Wildman–Crippen MR) is 87.1 cm³/mol. The van der Waals surface area contributed by atoms with Gasteiger partial charge in [-0.2, -0.15) is 4.31 Å². The van der Waals surface area contributed by atoms with Crippen molar-refractivity contribution in [3.63, 3.8) is 0 Å². The van der Waals surface area contributed by atoms with Crippen LogP contribution in [0.4, 0.5) is 0 Å². The first kappa shape index (κ1) is 19.0. The number of aliphatic carboxylic acids is 1. The number of piperazine rings is 1. The van der Waals surface area contributed by atoms with Gasteiger partial charge in [-0.3, -0.25) is 9.59 Å². The number of sulfonamides is 1. The zero-order chi connectivity index (χ0) is 18.6. The maximum absolute atomic E-state index is 12.8. The number of ether oxygens (including phenoxy) is 2. The van der Waals surface area contributed by atoms with Gasteiger partial charge in [0, 0.05) is 32.2 Å². The molecule has 0 saturated carbocycles. The summed E-state index contributed by atoms with van der Waals surface area (Å²) in [6.07, 6.45) is -0.598. The van der Waals surface area contributed by atoms with Gasteiger partial charge in [-0.1, -0.05) is 0 Å². The summed E-state index contributed by atoms with van der Waals surface area (Å²) >= 11 is 0. The number of amides is 1. The van der Waals surface area contributed by atoms with Crippen molar-refractivity contribution in [2.75, 3.05) is 40.4 Å². The van der Waals surface area contributed by atoms with Gasteiger partial charge in [0.2, 0.25) is 15.9 Å². The number of nitrogens with zero attached hydrogens (tertiary/aromatic N) is 2. The van der Waals surface area contributed by atoms with Crippen molar-refractivity contribution in [3.05, 3.63) is 18.2 Å². The van der Waals surface area contributed by atoms with E-state index in [1.807, 2.05) is 0 Å². The Morgan fingerprint density at radius 1 is 1.12 bits per heavy atom. The highest BCUT2D eigenvalue weighted by Crippen LogP contribution is 2.31. The minimum absolute atomic E-state index is 0.0149. The molecule has 138 valence electrons. The van der Waals surface area contributed by atoms with E-state index in [2.05, 4.69) is 0 Å². The first-order chi connectivity index (χ1) is 11.8. The van der Waals surface area contributed by atoms with Crippen LogP contribution in [0.5, 0.6) is 11.5 Å². The van der Waals surface area contributed by atoms with Gasteiger partial charge in [-0.25, -0.2) is 8.42 Å². The van der Waals surface area contributed by atoms with Crippen LogP contribution in [0.25, 0.3) is 0 Å². The Morgan fingerprint density at radius 2 is 1.76 bits per heavy atom. The summed E-state index contributed by atoms with van der Waals surface area (Å²) in [7, 11) is -0.964. The maximum atomic E-state index is 12.8. The average Bonchev–Trinajstić information content (AvgIpc) is 2.60. The Bertz CT molecular complexity index is 755. The van der Waals surface area contributed by atoms with Crippen LogP contribution in [0.2, 0.25) is 0 Å². The molecule has 0 bridgehead atoms. The fourth-order valence-electron chi connectivity index (χ4n) is 2.55. The van der Waals surface area contributed by atoms with Gasteiger partial charge in [-0.15, -0.1) is 0 Å². The summed E-state index contributed by atoms with van der Waals surface area (Å²) in [5.74, 6) is -1.08. The van der Waals surface area contributed by atoms with Gasteiger partial charge >= 0.3 is 5.97 Å². The second-order valence-corrected chi connectivity index (χ2v) is 7.28. The highest BCUT2D eigenvalue weighted by atomic mass is 32.2. The predicted octanol–water partition coefficient (Wildman–Crippen LogP) is 0.0114. The lowest BCUT2D eigenvalue weighted by Gasteiger charge is -2.34. The van der Waals surface area contributed by atoms with Crippen molar-refractivity contribution in [2.45, 2.75) is 11.3 Å². The summed E-state index contributed by atoms with van der Waals surface area (Å²) in [5, 5.41) is 8.67. The second kappa shape index (κ2) is 7.70. The van der Waals surface area contributed by atoms with E-state index >= 15 is 0 Å². The van der Waals surface area contributed by atoms with Gasteiger partial charge in [0.05, 0.1) is 14.2 Å². The number of carbonyl (C=O) groups excluding carboxylic acids is 1. The molecule has 9 nitrogen and oxygen atoms in total. The van der Waals surface area contributed by atoms with Gasteiger partial charge in [-0.05, 0) is 12.1 Å². The Labute approximate surface area is 145 Å². The smallest absolute Gasteiger partial charge is 0.312 e. The van der Waals surface area contributed by atoms with E-state index in [4.69, 9.17) is 14.6 Å². The van der Waals surface area contributed by atoms with Crippen LogP contribution in [0.1, 0.15) is 6.42 Å². The number of hydrogen-bond donors (Lipinski definition) is 1. The Morgan fingerprint density at radius 3 is 2.28 bits per heavy atom. The van der Waals surface area contributed by atoms with Gasteiger partial charge < -0.3 is 19.5 Å². The minimum atomic E-state index is -3.80. The highest BCUT2D eigenvalue weighted by Gasteiger charge is 2.32. The zero-order valence-electron chi connectivity index (χ0n) is 14.0. The fraction of sp³-hybridized carbons (Fsp3) is 0.467. The molecule has 1 N–H and O–H groups in total. The number of carboxylic acid groups (broad SMARTS) is 1. The van der Waals surface area contributed by atoms with E-state index in [0.717, 1.165) is 0 Å². The van der Waals surface area contributed by atoms with Gasteiger partial charge in [0.25, 0.3) is 0 Å². The van der Waals surface area contributed by atoms with E-state index in [0.29, 0.717) is 5.75 Å². The van der Waals surface area contributed by atoms with Gasteiger partial charge in [0.15, 0.2) is 0 Å². The van der Waals surface area contributed by atoms with Crippen LogP contribution < -0.4 is 9.47 Å². The number of carbonyl (C=O) groups is 2. The molecule has 0 unspecified atom stereocenters. The molecule has 1 aliphatic rings.